The van der Waals surface area contributed by atoms with Crippen LogP contribution in [0.5, 0.6) is 5.75 Å². The Morgan fingerprint density at radius 1 is 0.956 bits per heavy atom. The van der Waals surface area contributed by atoms with Gasteiger partial charge in [0.25, 0.3) is 0 Å². The number of alkyl halides is 2. The second kappa shape index (κ2) is 13.6. The van der Waals surface area contributed by atoms with Crippen LogP contribution in [-0.2, 0) is 33.1 Å². The molecule has 0 saturated heterocycles. The second-order valence-corrected chi connectivity index (χ2v) is 13.4. The lowest BCUT2D eigenvalue weighted by atomic mass is 9.96. The van der Waals surface area contributed by atoms with Crippen LogP contribution in [0, 0.1) is 13.8 Å². The number of benzene rings is 3. The first-order chi connectivity index (χ1) is 21.5. The maximum Gasteiger partial charge on any atom is 0.399 e. The highest BCUT2D eigenvalue weighted by Crippen LogP contribution is 2.62. The van der Waals surface area contributed by atoms with Crippen LogP contribution < -0.4 is 15.8 Å². The predicted octanol–water partition coefficient (Wildman–Crippen LogP) is 8.29. The number of ether oxygens (including phenoxy) is 1. The number of allylic oxidation sites excluding steroid dienone is 1. The summed E-state index contributed by atoms with van der Waals surface area (Å²) < 4.78 is 58.0. The number of nitrogens with zero attached hydrogens (tertiary/aromatic N) is 1. The van der Waals surface area contributed by atoms with Gasteiger partial charge >= 0.3 is 13.3 Å². The average molecular weight is 636 g/mol. The van der Waals surface area contributed by atoms with Gasteiger partial charge in [-0.05, 0) is 86.2 Å². The molecule has 2 aliphatic heterocycles. The Morgan fingerprint density at radius 2 is 1.67 bits per heavy atom. The molecule has 0 aliphatic carbocycles. The third-order valence-corrected chi connectivity index (χ3v) is 10.00. The zero-order valence-electron chi connectivity index (χ0n) is 26.1. The van der Waals surface area contributed by atoms with Gasteiger partial charge in [0.2, 0.25) is 0 Å². The minimum atomic E-state index is -4.57. The predicted molar refractivity (Wildman–Crippen MR) is 175 cm³/mol. The first-order valence-electron chi connectivity index (χ1n) is 15.1. The summed E-state index contributed by atoms with van der Waals surface area (Å²) in [4.78, 5) is 2.16. The first kappa shape index (κ1) is 32.5. The maximum atomic E-state index is 14.8. The lowest BCUT2D eigenvalue weighted by Gasteiger charge is -2.29. The fourth-order valence-corrected chi connectivity index (χ4v) is 6.92. The van der Waals surface area contributed by atoms with E-state index in [9.17, 15) is 13.3 Å². The molecule has 0 radical (unpaired) electrons. The molecule has 2 aliphatic rings. The monoisotopic (exact) mass is 635 g/mol. The molecule has 3 aromatic carbocycles. The molecule has 0 fully saturated rings. The van der Waals surface area contributed by atoms with Gasteiger partial charge < -0.3 is 29.7 Å². The molecule has 0 amide bonds. The normalized spacial score (nSPS) is 14.5. The minimum Gasteiger partial charge on any atom is -0.489 e. The molecule has 238 valence electrons. The molecular weight excluding hydrogens is 595 g/mol. The summed E-state index contributed by atoms with van der Waals surface area (Å²) in [5, 5.41) is 3.53. The Hall–Kier alpha value is -3.91. The van der Waals surface area contributed by atoms with Gasteiger partial charge in [-0.2, -0.15) is 8.78 Å². The second-order valence-electron chi connectivity index (χ2n) is 11.2. The number of hydrogen-bond acceptors (Lipinski definition) is 7. The van der Waals surface area contributed by atoms with Gasteiger partial charge in [-0.25, -0.2) is 0 Å². The molecule has 0 saturated carbocycles. The quantitative estimate of drug-likeness (QED) is 0.183. The molecule has 0 aromatic heterocycles. The number of hydrogen-bond donors (Lipinski definition) is 2. The molecule has 5 rings (SSSR count). The first-order valence-corrected chi connectivity index (χ1v) is 16.7. The van der Waals surface area contributed by atoms with Crippen molar-refractivity contribution >= 4 is 19.0 Å². The maximum absolute atomic E-state index is 14.8. The summed E-state index contributed by atoms with van der Waals surface area (Å²) in [6.45, 7) is 7.98. The van der Waals surface area contributed by atoms with Crippen LogP contribution in [-0.4, -0.2) is 30.3 Å². The molecule has 0 bridgehead atoms. The van der Waals surface area contributed by atoms with Crippen molar-refractivity contribution in [1.82, 2.24) is 4.90 Å². The minimum absolute atomic E-state index is 0.126. The Kier molecular flexibility index (Phi) is 9.82. The summed E-state index contributed by atoms with van der Waals surface area (Å²) in [6.07, 6.45) is 6.32. The van der Waals surface area contributed by atoms with E-state index in [0.29, 0.717) is 5.56 Å². The van der Waals surface area contributed by atoms with E-state index in [1.807, 2.05) is 12.1 Å². The van der Waals surface area contributed by atoms with Crippen molar-refractivity contribution in [2.24, 2.45) is 5.73 Å². The fourth-order valence-electron chi connectivity index (χ4n) is 5.42. The highest BCUT2D eigenvalue weighted by molar-refractivity contribution is 7.55. The van der Waals surface area contributed by atoms with E-state index >= 15 is 0 Å². The van der Waals surface area contributed by atoms with Crippen molar-refractivity contribution in [3.63, 3.8) is 0 Å². The molecular formula is C35H40F2N3O4P. The van der Waals surface area contributed by atoms with E-state index in [1.165, 1.54) is 25.0 Å². The number of rotatable bonds is 13. The number of anilines is 1. The van der Waals surface area contributed by atoms with Crippen LogP contribution in [0.15, 0.2) is 90.4 Å². The SMILES string of the molecule is CCOP(=O)(OCC)C(F)(F)Cc1ccc(COc2ccc(CCN3C=CC4=C(N)c5ccc(C)cc5NC4=C3)c(C)c2)cc1. The average Bonchev–Trinajstić information content (AvgIpc) is 3.00. The molecule has 2 heterocycles. The standard InChI is InChI=1S/C35H40F2N3O4P/c1-5-43-45(41,44-6-2)35(36,37)21-26-8-10-27(11-9-26)23-42-29-13-12-28(25(4)20-29)15-17-40-18-16-31-33(22-40)39-32-19-24(3)7-14-30(32)34(31)38/h7-14,16,18-20,22,39H,5-6,15,17,21,23,38H2,1-4H3. The van der Waals surface area contributed by atoms with Crippen LogP contribution in [0.4, 0.5) is 14.5 Å². The van der Waals surface area contributed by atoms with Gasteiger partial charge in [-0.15, -0.1) is 0 Å². The Bertz CT molecular complexity index is 1670. The Balaban J connectivity index is 1.15. The molecule has 45 heavy (non-hydrogen) atoms. The van der Waals surface area contributed by atoms with Gasteiger partial charge in [-0.3, -0.25) is 4.57 Å². The third kappa shape index (κ3) is 7.33. The molecule has 0 unspecified atom stereocenters. The summed E-state index contributed by atoms with van der Waals surface area (Å²) >= 11 is 0. The van der Waals surface area contributed by atoms with E-state index < -0.39 is 19.7 Å². The van der Waals surface area contributed by atoms with Crippen molar-refractivity contribution in [1.29, 1.82) is 0 Å². The molecule has 0 atom stereocenters. The highest BCUT2D eigenvalue weighted by atomic mass is 31.2. The summed E-state index contributed by atoms with van der Waals surface area (Å²) in [6, 6.07) is 18.9. The molecule has 7 nitrogen and oxygen atoms in total. The van der Waals surface area contributed by atoms with Crippen molar-refractivity contribution < 1.29 is 27.1 Å². The zero-order valence-corrected chi connectivity index (χ0v) is 27.0. The summed E-state index contributed by atoms with van der Waals surface area (Å²) in [5.41, 5.74) is 12.3. The Morgan fingerprint density at radius 3 is 2.36 bits per heavy atom. The van der Waals surface area contributed by atoms with Gasteiger partial charge in [-0.1, -0.05) is 42.5 Å². The molecule has 3 aromatic rings. The smallest absolute Gasteiger partial charge is 0.399 e. The van der Waals surface area contributed by atoms with E-state index in [-0.39, 0.29) is 19.8 Å². The summed E-state index contributed by atoms with van der Waals surface area (Å²) in [5.74, 6) is 0.729. The topological polar surface area (TPSA) is 86.1 Å². The molecule has 3 N–H and O–H groups in total. The van der Waals surface area contributed by atoms with Gasteiger partial charge in [0, 0.05) is 42.2 Å². The van der Waals surface area contributed by atoms with Crippen LogP contribution in [0.1, 0.15) is 47.2 Å². The van der Waals surface area contributed by atoms with Crippen molar-refractivity contribution in [2.75, 3.05) is 25.1 Å². The number of nitrogens with two attached hydrogens (primary N) is 1. The van der Waals surface area contributed by atoms with Crippen LogP contribution in [0.25, 0.3) is 5.70 Å². The van der Waals surface area contributed by atoms with Crippen LogP contribution in [0.2, 0.25) is 0 Å². The number of aryl methyl sites for hydroxylation is 2. The number of halogens is 2. The molecule has 10 heteroatoms. The highest BCUT2D eigenvalue weighted by Gasteiger charge is 2.53. The van der Waals surface area contributed by atoms with Gasteiger partial charge in [0.15, 0.2) is 0 Å². The Labute approximate surface area is 263 Å². The van der Waals surface area contributed by atoms with E-state index in [1.54, 1.807) is 24.3 Å². The van der Waals surface area contributed by atoms with E-state index in [4.69, 9.17) is 19.5 Å². The largest absolute Gasteiger partial charge is 0.489 e. The number of nitrogens with one attached hydrogen (secondary N) is 1. The number of fused-ring (bicyclic) bond motifs is 2. The van der Waals surface area contributed by atoms with Crippen molar-refractivity contribution in [2.45, 2.75) is 52.8 Å². The van der Waals surface area contributed by atoms with Gasteiger partial charge in [0.05, 0.1) is 24.6 Å². The van der Waals surface area contributed by atoms with E-state index in [0.717, 1.165) is 58.1 Å². The van der Waals surface area contributed by atoms with Crippen LogP contribution in [0.3, 0.4) is 0 Å². The molecule has 0 spiro atoms. The third-order valence-electron chi connectivity index (χ3n) is 7.84. The van der Waals surface area contributed by atoms with Crippen molar-refractivity contribution in [3.05, 3.63) is 124 Å². The van der Waals surface area contributed by atoms with Gasteiger partial charge in [0.1, 0.15) is 12.4 Å². The van der Waals surface area contributed by atoms with Crippen LogP contribution >= 0.6 is 7.60 Å². The lowest BCUT2D eigenvalue weighted by Crippen LogP contribution is -2.24. The lowest BCUT2D eigenvalue weighted by molar-refractivity contribution is 0.0393. The zero-order chi connectivity index (χ0) is 32.2. The fraction of sp³-hybridized carbons (Fsp3) is 0.314. The summed E-state index contributed by atoms with van der Waals surface area (Å²) in [7, 11) is -4.57. The van der Waals surface area contributed by atoms with E-state index in [2.05, 4.69) is 66.8 Å². The van der Waals surface area contributed by atoms with Crippen molar-refractivity contribution in [3.8, 4) is 5.75 Å².